The molecular formula is C11H15ClN2S. The molecule has 15 heavy (non-hydrogen) atoms. The summed E-state index contributed by atoms with van der Waals surface area (Å²) in [6, 6.07) is 5.80. The molecule has 1 aromatic rings. The first-order valence-electron chi connectivity index (χ1n) is 4.94. The summed E-state index contributed by atoms with van der Waals surface area (Å²) in [7, 11) is 0. The molecule has 0 aliphatic heterocycles. The van der Waals surface area contributed by atoms with Gasteiger partial charge in [0.25, 0.3) is 0 Å². The Labute approximate surface area is 101 Å². The van der Waals surface area contributed by atoms with E-state index in [-0.39, 0.29) is 0 Å². The second-order valence-corrected chi connectivity index (χ2v) is 4.16. The zero-order valence-corrected chi connectivity index (χ0v) is 10.5. The van der Waals surface area contributed by atoms with Crippen LogP contribution >= 0.6 is 23.8 Å². The average molecular weight is 243 g/mol. The minimum absolute atomic E-state index is 0.636. The summed E-state index contributed by atoms with van der Waals surface area (Å²) < 4.78 is 0. The second kappa shape index (κ2) is 5.93. The standard InChI is InChI=1S/C11H15ClN2S/c1-3-6-13-11(15)14-9-5-4-8(2)10(12)7-9/h4-5,7H,3,6H2,1-2H3,(H2,13,14,15). The maximum absolute atomic E-state index is 6.00. The molecule has 0 aliphatic carbocycles. The molecule has 0 bridgehead atoms. The van der Waals surface area contributed by atoms with Gasteiger partial charge in [-0.1, -0.05) is 24.6 Å². The Hall–Kier alpha value is -0.800. The van der Waals surface area contributed by atoms with Crippen LogP contribution in [0.4, 0.5) is 5.69 Å². The highest BCUT2D eigenvalue weighted by Gasteiger charge is 1.99. The first-order valence-corrected chi connectivity index (χ1v) is 5.73. The maximum atomic E-state index is 6.00. The summed E-state index contributed by atoms with van der Waals surface area (Å²) in [5.41, 5.74) is 1.98. The topological polar surface area (TPSA) is 24.1 Å². The molecule has 82 valence electrons. The molecule has 1 aromatic carbocycles. The first kappa shape index (κ1) is 12.3. The van der Waals surface area contributed by atoms with Crippen molar-refractivity contribution in [3.63, 3.8) is 0 Å². The van der Waals surface area contributed by atoms with Gasteiger partial charge in [-0.3, -0.25) is 0 Å². The number of benzene rings is 1. The Morgan fingerprint density at radius 1 is 1.47 bits per heavy atom. The normalized spacial score (nSPS) is 9.80. The number of rotatable bonds is 3. The Morgan fingerprint density at radius 3 is 2.80 bits per heavy atom. The van der Waals surface area contributed by atoms with Crippen molar-refractivity contribution in [2.24, 2.45) is 0 Å². The number of thiocarbonyl (C=S) groups is 1. The minimum Gasteiger partial charge on any atom is -0.362 e. The zero-order chi connectivity index (χ0) is 11.3. The summed E-state index contributed by atoms with van der Waals surface area (Å²) in [6.45, 7) is 4.95. The molecule has 2 nitrogen and oxygen atoms in total. The molecule has 0 amide bonds. The Bertz CT molecular complexity index is 352. The fourth-order valence-electron chi connectivity index (χ4n) is 1.08. The number of nitrogens with one attached hydrogen (secondary N) is 2. The van der Waals surface area contributed by atoms with E-state index in [1.165, 1.54) is 0 Å². The Kier molecular flexibility index (Phi) is 4.85. The van der Waals surface area contributed by atoms with E-state index in [4.69, 9.17) is 23.8 Å². The summed E-state index contributed by atoms with van der Waals surface area (Å²) in [6.07, 6.45) is 1.05. The van der Waals surface area contributed by atoms with Gasteiger partial charge in [0, 0.05) is 17.3 Å². The quantitative estimate of drug-likeness (QED) is 0.795. The van der Waals surface area contributed by atoms with Crippen LogP contribution in [0.25, 0.3) is 0 Å². The van der Waals surface area contributed by atoms with Gasteiger partial charge in [-0.2, -0.15) is 0 Å². The number of hydrogen-bond acceptors (Lipinski definition) is 1. The molecular weight excluding hydrogens is 228 g/mol. The largest absolute Gasteiger partial charge is 0.362 e. The van der Waals surface area contributed by atoms with E-state index in [1.54, 1.807) is 0 Å². The van der Waals surface area contributed by atoms with Crippen LogP contribution in [-0.4, -0.2) is 11.7 Å². The molecule has 0 aliphatic rings. The van der Waals surface area contributed by atoms with Crippen LogP contribution in [0.5, 0.6) is 0 Å². The third-order valence-electron chi connectivity index (χ3n) is 1.97. The lowest BCUT2D eigenvalue weighted by atomic mass is 10.2. The van der Waals surface area contributed by atoms with Gasteiger partial charge in [-0.25, -0.2) is 0 Å². The van der Waals surface area contributed by atoms with Crippen molar-refractivity contribution in [1.29, 1.82) is 0 Å². The van der Waals surface area contributed by atoms with Crippen LogP contribution < -0.4 is 10.6 Å². The van der Waals surface area contributed by atoms with Crippen LogP contribution in [-0.2, 0) is 0 Å². The number of hydrogen-bond donors (Lipinski definition) is 2. The summed E-state index contributed by atoms with van der Waals surface area (Å²) >= 11 is 11.1. The smallest absolute Gasteiger partial charge is 0.170 e. The van der Waals surface area contributed by atoms with Crippen molar-refractivity contribution < 1.29 is 0 Å². The van der Waals surface area contributed by atoms with E-state index in [9.17, 15) is 0 Å². The van der Waals surface area contributed by atoms with Crippen molar-refractivity contribution in [2.75, 3.05) is 11.9 Å². The molecule has 0 atom stereocenters. The fourth-order valence-corrected chi connectivity index (χ4v) is 1.48. The molecule has 0 spiro atoms. The first-order chi connectivity index (χ1) is 7.13. The van der Waals surface area contributed by atoms with Gasteiger partial charge in [0.1, 0.15) is 0 Å². The van der Waals surface area contributed by atoms with Gasteiger partial charge >= 0.3 is 0 Å². The van der Waals surface area contributed by atoms with E-state index in [0.717, 1.165) is 29.2 Å². The summed E-state index contributed by atoms with van der Waals surface area (Å²) in [5.74, 6) is 0. The van der Waals surface area contributed by atoms with Crippen LogP contribution in [0.2, 0.25) is 5.02 Å². The highest BCUT2D eigenvalue weighted by atomic mass is 35.5. The highest BCUT2D eigenvalue weighted by Crippen LogP contribution is 2.19. The predicted molar refractivity (Wildman–Crippen MR) is 70.7 cm³/mol. The Balaban J connectivity index is 2.57. The predicted octanol–water partition coefficient (Wildman–Crippen LogP) is 3.34. The maximum Gasteiger partial charge on any atom is 0.170 e. The van der Waals surface area contributed by atoms with Crippen molar-refractivity contribution in [3.05, 3.63) is 28.8 Å². The molecule has 0 radical (unpaired) electrons. The van der Waals surface area contributed by atoms with E-state index >= 15 is 0 Å². The molecule has 4 heteroatoms. The molecule has 1 rings (SSSR count). The molecule has 0 saturated carbocycles. The highest BCUT2D eigenvalue weighted by molar-refractivity contribution is 7.80. The number of anilines is 1. The lowest BCUT2D eigenvalue weighted by Crippen LogP contribution is -2.28. The van der Waals surface area contributed by atoms with E-state index in [1.807, 2.05) is 25.1 Å². The van der Waals surface area contributed by atoms with Gasteiger partial charge in [-0.05, 0) is 43.3 Å². The molecule has 0 saturated heterocycles. The molecule has 0 aromatic heterocycles. The monoisotopic (exact) mass is 242 g/mol. The molecule has 2 N–H and O–H groups in total. The van der Waals surface area contributed by atoms with Crippen molar-refractivity contribution in [1.82, 2.24) is 5.32 Å². The van der Waals surface area contributed by atoms with Gasteiger partial charge in [0.15, 0.2) is 5.11 Å². The lowest BCUT2D eigenvalue weighted by Gasteiger charge is -2.10. The molecule has 0 unspecified atom stereocenters. The number of halogens is 1. The second-order valence-electron chi connectivity index (χ2n) is 3.34. The van der Waals surface area contributed by atoms with Crippen molar-refractivity contribution in [3.8, 4) is 0 Å². The molecule has 0 heterocycles. The van der Waals surface area contributed by atoms with Crippen LogP contribution in [0.1, 0.15) is 18.9 Å². The van der Waals surface area contributed by atoms with Gasteiger partial charge in [0.2, 0.25) is 0 Å². The summed E-state index contributed by atoms with van der Waals surface area (Å²) in [5, 5.41) is 7.56. The van der Waals surface area contributed by atoms with Crippen molar-refractivity contribution >= 4 is 34.6 Å². The van der Waals surface area contributed by atoms with Gasteiger partial charge in [-0.15, -0.1) is 0 Å². The zero-order valence-electron chi connectivity index (χ0n) is 8.93. The van der Waals surface area contributed by atoms with Crippen LogP contribution in [0, 0.1) is 6.92 Å². The SMILES string of the molecule is CCCNC(=S)Nc1ccc(C)c(Cl)c1. The minimum atomic E-state index is 0.636. The third-order valence-corrected chi connectivity index (χ3v) is 2.62. The van der Waals surface area contributed by atoms with E-state index in [0.29, 0.717) is 5.11 Å². The summed E-state index contributed by atoms with van der Waals surface area (Å²) in [4.78, 5) is 0. The van der Waals surface area contributed by atoms with Gasteiger partial charge in [0.05, 0.1) is 0 Å². The third kappa shape index (κ3) is 4.06. The van der Waals surface area contributed by atoms with Crippen molar-refractivity contribution in [2.45, 2.75) is 20.3 Å². The Morgan fingerprint density at radius 2 is 2.20 bits per heavy atom. The molecule has 0 fully saturated rings. The average Bonchev–Trinajstić information content (AvgIpc) is 2.20. The van der Waals surface area contributed by atoms with E-state index in [2.05, 4.69) is 17.6 Å². The van der Waals surface area contributed by atoms with Gasteiger partial charge < -0.3 is 10.6 Å². The lowest BCUT2D eigenvalue weighted by molar-refractivity contribution is 0.846. The number of aryl methyl sites for hydroxylation is 1. The van der Waals surface area contributed by atoms with E-state index < -0.39 is 0 Å². The fraction of sp³-hybridized carbons (Fsp3) is 0.364. The van der Waals surface area contributed by atoms with Crippen LogP contribution in [0.3, 0.4) is 0 Å². The van der Waals surface area contributed by atoms with Crippen LogP contribution in [0.15, 0.2) is 18.2 Å².